The molecule has 0 saturated heterocycles. The minimum absolute atomic E-state index is 0.122. The summed E-state index contributed by atoms with van der Waals surface area (Å²) in [5.74, 6) is -0.795. The summed E-state index contributed by atoms with van der Waals surface area (Å²) in [7, 11) is 0. The lowest BCUT2D eigenvalue weighted by atomic mass is 10.0. The van der Waals surface area contributed by atoms with Crippen LogP contribution in [0.25, 0.3) is 11.1 Å². The van der Waals surface area contributed by atoms with Crippen LogP contribution in [0, 0.1) is 0 Å². The Morgan fingerprint density at radius 1 is 0.933 bits per heavy atom. The van der Waals surface area contributed by atoms with Crippen LogP contribution < -0.4 is 5.32 Å². The number of aromatic nitrogens is 1. The van der Waals surface area contributed by atoms with E-state index in [1.54, 1.807) is 24.3 Å². The van der Waals surface area contributed by atoms with Crippen molar-refractivity contribution in [1.29, 1.82) is 0 Å². The molecule has 3 aromatic rings. The molecule has 0 bridgehead atoms. The van der Waals surface area contributed by atoms with E-state index in [1.165, 1.54) is 12.1 Å². The number of benzene rings is 2. The van der Waals surface area contributed by atoms with E-state index in [4.69, 9.17) is 34.8 Å². The SMILES string of the molecule is O=C(NCCc1ccc(-c2cc(Cl)nc(Cl)c2)cc1Cl)c1ccccc1C(F)(F)F. The monoisotopic (exact) mass is 472 g/mol. The highest BCUT2D eigenvalue weighted by molar-refractivity contribution is 6.33. The molecule has 1 N–H and O–H groups in total. The summed E-state index contributed by atoms with van der Waals surface area (Å²) >= 11 is 18.2. The molecule has 30 heavy (non-hydrogen) atoms. The van der Waals surface area contributed by atoms with E-state index in [0.29, 0.717) is 11.4 Å². The van der Waals surface area contributed by atoms with E-state index < -0.39 is 23.2 Å². The molecule has 3 rings (SSSR count). The van der Waals surface area contributed by atoms with Crippen LogP contribution in [0.4, 0.5) is 13.2 Å². The number of alkyl halides is 3. The molecule has 0 spiro atoms. The van der Waals surface area contributed by atoms with Crippen molar-refractivity contribution in [3.63, 3.8) is 0 Å². The van der Waals surface area contributed by atoms with Crippen LogP contribution in [0.15, 0.2) is 54.6 Å². The van der Waals surface area contributed by atoms with Gasteiger partial charge in [-0.2, -0.15) is 13.2 Å². The standard InChI is InChI=1S/C21H14Cl3F3N2O/c22-17-9-13(14-10-18(23)29-19(24)11-14)6-5-12(17)7-8-28-20(30)15-3-1-2-4-16(15)21(25,26)27/h1-6,9-11H,7-8H2,(H,28,30). The molecule has 3 nitrogen and oxygen atoms in total. The van der Waals surface area contributed by atoms with Gasteiger partial charge in [0.05, 0.1) is 11.1 Å². The van der Waals surface area contributed by atoms with Gasteiger partial charge in [0.25, 0.3) is 5.91 Å². The van der Waals surface area contributed by atoms with Crippen molar-refractivity contribution in [1.82, 2.24) is 10.3 Å². The second kappa shape index (κ2) is 9.25. The first-order valence-corrected chi connectivity index (χ1v) is 9.85. The number of nitrogens with one attached hydrogen (secondary N) is 1. The van der Waals surface area contributed by atoms with Crippen LogP contribution >= 0.6 is 34.8 Å². The Labute approximate surface area is 185 Å². The van der Waals surface area contributed by atoms with E-state index >= 15 is 0 Å². The Kier molecular flexibility index (Phi) is 6.91. The molecular weight excluding hydrogens is 460 g/mol. The predicted octanol–water partition coefficient (Wildman–Crippen LogP) is 6.70. The summed E-state index contributed by atoms with van der Waals surface area (Å²) in [4.78, 5) is 16.1. The average Bonchev–Trinajstić information content (AvgIpc) is 2.67. The highest BCUT2D eigenvalue weighted by Gasteiger charge is 2.34. The van der Waals surface area contributed by atoms with Gasteiger partial charge in [0.1, 0.15) is 10.3 Å². The largest absolute Gasteiger partial charge is 0.417 e. The summed E-state index contributed by atoms with van der Waals surface area (Å²) in [5, 5.41) is 3.45. The molecule has 2 aromatic carbocycles. The Morgan fingerprint density at radius 2 is 1.60 bits per heavy atom. The smallest absolute Gasteiger partial charge is 0.352 e. The third-order valence-corrected chi connectivity index (χ3v) is 5.05. The van der Waals surface area contributed by atoms with Crippen molar-refractivity contribution in [2.75, 3.05) is 6.54 Å². The third-order valence-electron chi connectivity index (χ3n) is 4.31. The summed E-state index contributed by atoms with van der Waals surface area (Å²) in [6, 6.07) is 13.3. The molecule has 0 unspecified atom stereocenters. The number of nitrogens with zero attached hydrogens (tertiary/aromatic N) is 1. The molecule has 0 aliphatic heterocycles. The van der Waals surface area contributed by atoms with Gasteiger partial charge in [-0.05, 0) is 53.4 Å². The number of hydrogen-bond donors (Lipinski definition) is 1. The van der Waals surface area contributed by atoms with E-state index in [9.17, 15) is 18.0 Å². The van der Waals surface area contributed by atoms with Gasteiger partial charge >= 0.3 is 6.18 Å². The first-order valence-electron chi connectivity index (χ1n) is 8.71. The second-order valence-electron chi connectivity index (χ2n) is 6.36. The van der Waals surface area contributed by atoms with Crippen molar-refractivity contribution >= 4 is 40.7 Å². The lowest BCUT2D eigenvalue weighted by Gasteiger charge is -2.13. The van der Waals surface area contributed by atoms with Crippen LogP contribution in [0.3, 0.4) is 0 Å². The number of hydrogen-bond acceptors (Lipinski definition) is 2. The maximum Gasteiger partial charge on any atom is 0.417 e. The van der Waals surface area contributed by atoms with E-state index in [0.717, 1.165) is 28.8 Å². The van der Waals surface area contributed by atoms with Gasteiger partial charge in [0.15, 0.2) is 0 Å². The fourth-order valence-electron chi connectivity index (χ4n) is 2.90. The molecule has 0 aliphatic carbocycles. The summed E-state index contributed by atoms with van der Waals surface area (Å²) in [6.45, 7) is 0.122. The van der Waals surface area contributed by atoms with Gasteiger partial charge < -0.3 is 5.32 Å². The molecule has 1 heterocycles. The number of carbonyl (C=O) groups excluding carboxylic acids is 1. The normalized spacial score (nSPS) is 11.4. The number of amides is 1. The zero-order valence-corrected chi connectivity index (χ0v) is 17.5. The molecule has 1 aromatic heterocycles. The molecule has 0 aliphatic rings. The summed E-state index contributed by atoms with van der Waals surface area (Å²) < 4.78 is 39.2. The van der Waals surface area contributed by atoms with Gasteiger partial charge in [-0.3, -0.25) is 4.79 Å². The van der Waals surface area contributed by atoms with Crippen LogP contribution in [-0.4, -0.2) is 17.4 Å². The van der Waals surface area contributed by atoms with E-state index in [2.05, 4.69) is 10.3 Å². The maximum atomic E-state index is 13.1. The summed E-state index contributed by atoms with van der Waals surface area (Å²) in [6.07, 6.45) is -4.26. The molecule has 0 fully saturated rings. The van der Waals surface area contributed by atoms with E-state index in [1.807, 2.05) is 6.07 Å². The van der Waals surface area contributed by atoms with E-state index in [-0.39, 0.29) is 16.9 Å². The molecule has 1 amide bonds. The fraction of sp³-hybridized carbons (Fsp3) is 0.143. The zero-order chi connectivity index (χ0) is 21.9. The number of pyridine rings is 1. The van der Waals surface area contributed by atoms with Crippen molar-refractivity contribution in [2.45, 2.75) is 12.6 Å². The lowest BCUT2D eigenvalue weighted by molar-refractivity contribution is -0.137. The fourth-order valence-corrected chi connectivity index (χ4v) is 3.63. The molecule has 9 heteroatoms. The first kappa shape index (κ1) is 22.4. The van der Waals surface area contributed by atoms with Crippen molar-refractivity contribution in [2.24, 2.45) is 0 Å². The van der Waals surface area contributed by atoms with Crippen LogP contribution in [-0.2, 0) is 12.6 Å². The molecule has 0 radical (unpaired) electrons. The second-order valence-corrected chi connectivity index (χ2v) is 7.54. The van der Waals surface area contributed by atoms with Crippen LogP contribution in [0.5, 0.6) is 0 Å². The van der Waals surface area contributed by atoms with Crippen molar-refractivity contribution in [3.05, 3.63) is 86.6 Å². The highest BCUT2D eigenvalue weighted by Crippen LogP contribution is 2.32. The Bertz CT molecular complexity index is 1070. The Balaban J connectivity index is 1.68. The maximum absolute atomic E-state index is 13.1. The van der Waals surface area contributed by atoms with Crippen molar-refractivity contribution in [3.8, 4) is 11.1 Å². The molecule has 156 valence electrons. The minimum Gasteiger partial charge on any atom is -0.352 e. The molecule has 0 atom stereocenters. The topological polar surface area (TPSA) is 42.0 Å². The highest BCUT2D eigenvalue weighted by atomic mass is 35.5. The lowest BCUT2D eigenvalue weighted by Crippen LogP contribution is -2.28. The first-order chi connectivity index (χ1) is 14.1. The third kappa shape index (κ3) is 5.45. The number of rotatable bonds is 5. The summed E-state index contributed by atoms with van der Waals surface area (Å²) in [5.41, 5.74) is 0.858. The average molecular weight is 474 g/mol. The van der Waals surface area contributed by atoms with Gasteiger partial charge in [-0.25, -0.2) is 4.98 Å². The zero-order valence-electron chi connectivity index (χ0n) is 15.2. The minimum atomic E-state index is -4.61. The Hall–Kier alpha value is -2.28. The van der Waals surface area contributed by atoms with Crippen LogP contribution in [0.1, 0.15) is 21.5 Å². The number of carbonyl (C=O) groups is 1. The molecular formula is C21H14Cl3F3N2O. The van der Waals surface area contributed by atoms with Gasteiger partial charge in [0, 0.05) is 11.6 Å². The van der Waals surface area contributed by atoms with Crippen LogP contribution in [0.2, 0.25) is 15.3 Å². The number of halogens is 6. The Morgan fingerprint density at radius 3 is 2.23 bits per heavy atom. The molecule has 0 saturated carbocycles. The van der Waals surface area contributed by atoms with Gasteiger partial charge in [-0.15, -0.1) is 0 Å². The van der Waals surface area contributed by atoms with Gasteiger partial charge in [-0.1, -0.05) is 59.1 Å². The van der Waals surface area contributed by atoms with Gasteiger partial charge in [0.2, 0.25) is 0 Å². The predicted molar refractivity (Wildman–Crippen MR) is 112 cm³/mol. The quantitative estimate of drug-likeness (QED) is 0.419. The van der Waals surface area contributed by atoms with Crippen molar-refractivity contribution < 1.29 is 18.0 Å².